The summed E-state index contributed by atoms with van der Waals surface area (Å²) in [6.07, 6.45) is -11.2. The predicted molar refractivity (Wildman–Crippen MR) is 212 cm³/mol. The number of aliphatic hydroxyl groups is 3. The molecule has 21 nitrogen and oxygen atoms in total. The molecule has 6 rings (SSSR count). The van der Waals surface area contributed by atoms with Gasteiger partial charge in [-0.15, -0.1) is 0 Å². The summed E-state index contributed by atoms with van der Waals surface area (Å²) in [7, 11) is 3.59. The van der Waals surface area contributed by atoms with E-state index in [9.17, 15) is 43.3 Å². The Morgan fingerprint density at radius 1 is 1.03 bits per heavy atom. The molecule has 2 amide bonds. The zero-order valence-electron chi connectivity index (χ0n) is 30.6. The maximum atomic E-state index is 14.6. The average Bonchev–Trinajstić information content (AvgIpc) is 3.84. The first-order valence-corrected chi connectivity index (χ1v) is 21.0. The molecule has 318 valence electrons. The molecule has 0 saturated carbocycles. The van der Waals surface area contributed by atoms with Crippen LogP contribution in [0.2, 0.25) is 0 Å². The highest BCUT2D eigenvalue weighted by molar-refractivity contribution is 14.1. The van der Waals surface area contributed by atoms with Crippen LogP contribution in [0, 0.1) is 3.57 Å². The standard InChI is InChI=1S/C33H36F2IN9O12S2/c1-43(27(49)23-21(46)22(47)28(57-23)45-15-41-20-25(39-14-40-26(20)45)38-12-16-3-2-4-17(36)11-16)31(51)53-7-9-58-59-10-8-54-32(52)55-13-18-24(48)33(34,35)29(56-18)44-6-5-19(37)42-30(44)50/h2-6,11,14-15,18,21-24,28-29,46-48H,7-10,12-13H2,1H3,(H2,37,42,50)(H,38,39,40)/t18?,21-,22+,23-,24?,28?,29?/m0/s1. The molecule has 2 aliphatic rings. The molecule has 2 aliphatic heterocycles. The fraction of sp³-hybridized carbons (Fsp3) is 0.455. The number of aliphatic hydroxyl groups excluding tert-OH is 3. The van der Waals surface area contributed by atoms with Crippen molar-refractivity contribution in [2.24, 2.45) is 0 Å². The Kier molecular flexibility index (Phi) is 14.4. The predicted octanol–water partition coefficient (Wildman–Crippen LogP) is 1.52. The molecule has 0 bridgehead atoms. The zero-order chi connectivity index (χ0) is 42.4. The van der Waals surface area contributed by atoms with Gasteiger partial charge in [-0.3, -0.25) is 13.9 Å². The van der Waals surface area contributed by atoms with Gasteiger partial charge in [0, 0.05) is 34.9 Å². The van der Waals surface area contributed by atoms with Gasteiger partial charge in [0.2, 0.25) is 6.23 Å². The molecule has 5 heterocycles. The Hall–Kier alpha value is -4.45. The summed E-state index contributed by atoms with van der Waals surface area (Å²) < 4.78 is 57.9. The largest absolute Gasteiger partial charge is 0.508 e. The summed E-state index contributed by atoms with van der Waals surface area (Å²) in [5.41, 5.74) is 5.88. The van der Waals surface area contributed by atoms with Gasteiger partial charge >= 0.3 is 23.9 Å². The minimum Gasteiger partial charge on any atom is -0.448 e. The number of nitrogens with zero attached hydrogens (tertiary/aromatic N) is 7. The number of imide groups is 1. The van der Waals surface area contributed by atoms with E-state index < -0.39 is 79.4 Å². The maximum absolute atomic E-state index is 14.6. The number of hydrogen-bond acceptors (Lipinski definition) is 20. The van der Waals surface area contributed by atoms with Crippen LogP contribution in [-0.2, 0) is 35.0 Å². The number of carbonyl (C=O) groups excluding carboxylic acids is 3. The fourth-order valence-corrected chi connectivity index (χ4v) is 8.07. The second-order valence-electron chi connectivity index (χ2n) is 12.7. The third-order valence-electron chi connectivity index (χ3n) is 8.78. The summed E-state index contributed by atoms with van der Waals surface area (Å²) in [4.78, 5) is 66.6. The third kappa shape index (κ3) is 10.1. The van der Waals surface area contributed by atoms with Crippen LogP contribution in [0.25, 0.3) is 11.2 Å². The summed E-state index contributed by atoms with van der Waals surface area (Å²) in [5, 5.41) is 34.9. The topological polar surface area (TPSA) is 278 Å². The molecule has 0 aliphatic carbocycles. The lowest BCUT2D eigenvalue weighted by molar-refractivity contribution is -0.145. The number of aromatic nitrogens is 6. The Morgan fingerprint density at radius 2 is 1.78 bits per heavy atom. The van der Waals surface area contributed by atoms with Crippen LogP contribution in [0.1, 0.15) is 18.0 Å². The molecular weight excluding hydrogens is 943 g/mol. The molecule has 0 radical (unpaired) electrons. The Balaban J connectivity index is 0.879. The van der Waals surface area contributed by atoms with Crippen molar-refractivity contribution in [2.75, 3.05) is 49.4 Å². The average molecular weight is 980 g/mol. The third-order valence-corrected chi connectivity index (χ3v) is 11.8. The highest BCUT2D eigenvalue weighted by Gasteiger charge is 2.60. The second-order valence-corrected chi connectivity index (χ2v) is 16.7. The second kappa shape index (κ2) is 19.3. The number of halogens is 3. The van der Waals surface area contributed by atoms with E-state index in [1.807, 2.05) is 24.3 Å². The molecule has 7 atom stereocenters. The molecule has 3 aromatic heterocycles. The van der Waals surface area contributed by atoms with Crippen molar-refractivity contribution in [3.63, 3.8) is 0 Å². The highest BCUT2D eigenvalue weighted by atomic mass is 127. The summed E-state index contributed by atoms with van der Waals surface area (Å²) in [5.74, 6) is -4.18. The van der Waals surface area contributed by atoms with Gasteiger partial charge in [-0.25, -0.2) is 34.2 Å². The SMILES string of the molecule is CN(C(=O)OCCSSCCOC(=O)OCC1OC(n2ccc(N)nc2=O)C(F)(F)C1O)C(=O)[C@H]1OC(n2cnc3c(NCc4cccc(I)c4)ncnc32)[C@H](O)[C@@H]1O. The number of ether oxygens (including phenoxy) is 5. The van der Waals surface area contributed by atoms with Crippen molar-refractivity contribution in [2.45, 2.75) is 55.4 Å². The van der Waals surface area contributed by atoms with Crippen LogP contribution in [0.4, 0.5) is 30.0 Å². The molecule has 4 unspecified atom stereocenters. The smallest absolute Gasteiger partial charge is 0.448 e. The van der Waals surface area contributed by atoms with E-state index in [2.05, 4.69) is 47.8 Å². The van der Waals surface area contributed by atoms with E-state index in [4.69, 9.17) is 29.4 Å². The number of nitrogens with one attached hydrogen (secondary N) is 1. The van der Waals surface area contributed by atoms with Gasteiger partial charge in [-0.2, -0.15) is 13.8 Å². The molecular formula is C33H36F2IN9O12S2. The van der Waals surface area contributed by atoms with E-state index in [0.717, 1.165) is 28.4 Å². The number of hydrogen-bond donors (Lipinski definition) is 5. The number of rotatable bonds is 15. The Labute approximate surface area is 353 Å². The van der Waals surface area contributed by atoms with Crippen LogP contribution in [-0.4, -0.2) is 142 Å². The highest BCUT2D eigenvalue weighted by Crippen LogP contribution is 2.42. The molecule has 59 heavy (non-hydrogen) atoms. The van der Waals surface area contributed by atoms with E-state index in [1.54, 1.807) is 0 Å². The number of amides is 2. The van der Waals surface area contributed by atoms with Crippen LogP contribution >= 0.6 is 44.2 Å². The number of nitrogen functional groups attached to an aromatic ring is 1. The van der Waals surface area contributed by atoms with E-state index >= 15 is 0 Å². The number of nitrogens with two attached hydrogens (primary N) is 1. The fourth-order valence-electron chi connectivity index (χ4n) is 5.81. The van der Waals surface area contributed by atoms with Crippen LogP contribution < -0.4 is 16.7 Å². The number of imidazole rings is 1. The zero-order valence-corrected chi connectivity index (χ0v) is 34.4. The number of alkyl halides is 2. The van der Waals surface area contributed by atoms with E-state index in [0.29, 0.717) is 27.3 Å². The minimum absolute atomic E-state index is 0.134. The van der Waals surface area contributed by atoms with Gasteiger partial charge in [0.25, 0.3) is 5.91 Å². The first-order valence-electron chi connectivity index (χ1n) is 17.4. The number of fused-ring (bicyclic) bond motifs is 1. The van der Waals surface area contributed by atoms with E-state index in [1.165, 1.54) is 38.8 Å². The van der Waals surface area contributed by atoms with Gasteiger partial charge in [0.1, 0.15) is 50.3 Å². The molecule has 1 aromatic carbocycles. The van der Waals surface area contributed by atoms with Crippen molar-refractivity contribution in [1.82, 2.24) is 34.0 Å². The Morgan fingerprint density at radius 3 is 2.51 bits per heavy atom. The summed E-state index contributed by atoms with van der Waals surface area (Å²) in [6.45, 7) is -0.643. The lowest BCUT2D eigenvalue weighted by Gasteiger charge is -2.20. The molecule has 6 N–H and O–H groups in total. The van der Waals surface area contributed by atoms with Crippen molar-refractivity contribution >= 4 is 85.1 Å². The van der Waals surface area contributed by atoms with Gasteiger partial charge in [-0.1, -0.05) is 33.7 Å². The van der Waals surface area contributed by atoms with E-state index in [-0.39, 0.29) is 36.2 Å². The van der Waals surface area contributed by atoms with Gasteiger partial charge in [-0.05, 0) is 46.4 Å². The maximum Gasteiger partial charge on any atom is 0.508 e. The van der Waals surface area contributed by atoms with Crippen molar-refractivity contribution in [3.8, 4) is 0 Å². The van der Waals surface area contributed by atoms with Crippen molar-refractivity contribution in [3.05, 3.63) is 68.8 Å². The number of anilines is 2. The number of carbonyl (C=O) groups is 3. The van der Waals surface area contributed by atoms with Gasteiger partial charge in [0.05, 0.1) is 6.33 Å². The number of likely N-dealkylation sites (N-methyl/N-ethyl adjacent to an activating group) is 1. The first-order chi connectivity index (χ1) is 28.2. The minimum atomic E-state index is -3.92. The molecule has 4 aromatic rings. The monoisotopic (exact) mass is 979 g/mol. The number of benzene rings is 1. The van der Waals surface area contributed by atoms with Crippen LogP contribution in [0.5, 0.6) is 0 Å². The van der Waals surface area contributed by atoms with Crippen LogP contribution in [0.15, 0.2) is 54.0 Å². The van der Waals surface area contributed by atoms with Crippen molar-refractivity contribution in [1.29, 1.82) is 0 Å². The molecule has 2 saturated heterocycles. The lowest BCUT2D eigenvalue weighted by atomic mass is 10.1. The lowest BCUT2D eigenvalue weighted by Crippen LogP contribution is -2.46. The van der Waals surface area contributed by atoms with Crippen molar-refractivity contribution < 1.29 is 62.2 Å². The summed E-state index contributed by atoms with van der Waals surface area (Å²) in [6, 6.07) is 8.96. The van der Waals surface area contributed by atoms with Crippen LogP contribution in [0.3, 0.4) is 0 Å². The molecule has 0 spiro atoms. The van der Waals surface area contributed by atoms with Gasteiger partial charge < -0.3 is 50.1 Å². The molecule has 2 fully saturated rings. The first kappa shape index (κ1) is 44.1. The normalized spacial score (nSPS) is 23.5. The Bertz CT molecular complexity index is 2210. The molecule has 26 heteroatoms. The quantitative estimate of drug-likeness (QED) is 0.0489. The van der Waals surface area contributed by atoms with Gasteiger partial charge in [0.15, 0.2) is 35.4 Å². The summed E-state index contributed by atoms with van der Waals surface area (Å²) >= 11 is 2.22.